The zero-order chi connectivity index (χ0) is 15.8. The fourth-order valence-corrected chi connectivity index (χ4v) is 2.27. The first-order valence-electron chi connectivity index (χ1n) is 8.70. The summed E-state index contributed by atoms with van der Waals surface area (Å²) in [6, 6.07) is 0. The minimum absolute atomic E-state index is 0.396. The number of rotatable bonds is 16. The van der Waals surface area contributed by atoms with E-state index >= 15 is 0 Å². The summed E-state index contributed by atoms with van der Waals surface area (Å²) in [5.41, 5.74) is 0. The number of methoxy groups -OCH3 is 1. The van der Waals surface area contributed by atoms with E-state index in [9.17, 15) is 5.11 Å². The van der Waals surface area contributed by atoms with Crippen molar-refractivity contribution in [2.75, 3.05) is 40.0 Å². The Balaban J connectivity index is 3.38. The van der Waals surface area contributed by atoms with Gasteiger partial charge >= 0.3 is 0 Å². The highest BCUT2D eigenvalue weighted by molar-refractivity contribution is 4.61. The van der Waals surface area contributed by atoms with Crippen molar-refractivity contribution in [1.82, 2.24) is 5.32 Å². The number of ether oxygens (including phenoxy) is 2. The van der Waals surface area contributed by atoms with Crippen molar-refractivity contribution in [3.63, 3.8) is 0 Å². The molecule has 21 heavy (non-hydrogen) atoms. The molecule has 0 aromatic heterocycles. The minimum Gasteiger partial charge on any atom is -0.389 e. The van der Waals surface area contributed by atoms with E-state index < -0.39 is 6.10 Å². The molecule has 2 atom stereocenters. The van der Waals surface area contributed by atoms with Crippen LogP contribution < -0.4 is 5.32 Å². The van der Waals surface area contributed by atoms with Gasteiger partial charge in [0.25, 0.3) is 0 Å². The van der Waals surface area contributed by atoms with Crippen LogP contribution in [0.3, 0.4) is 0 Å². The van der Waals surface area contributed by atoms with Gasteiger partial charge in [-0.15, -0.1) is 0 Å². The van der Waals surface area contributed by atoms with Gasteiger partial charge in [0.15, 0.2) is 0 Å². The molecular weight excluding hydrogens is 266 g/mol. The highest BCUT2D eigenvalue weighted by Gasteiger charge is 2.08. The molecule has 0 saturated carbocycles. The van der Waals surface area contributed by atoms with Gasteiger partial charge in [0.1, 0.15) is 0 Å². The normalized spacial score (nSPS) is 14.3. The second-order valence-electron chi connectivity index (χ2n) is 5.87. The van der Waals surface area contributed by atoms with E-state index in [1.807, 2.05) is 0 Å². The molecule has 0 aliphatic carbocycles. The Morgan fingerprint density at radius 1 is 1.05 bits per heavy atom. The molecule has 128 valence electrons. The third-order valence-electron chi connectivity index (χ3n) is 3.79. The van der Waals surface area contributed by atoms with Gasteiger partial charge in [-0.3, -0.25) is 0 Å². The summed E-state index contributed by atoms with van der Waals surface area (Å²) in [7, 11) is 1.74. The Bertz CT molecular complexity index is 202. The fourth-order valence-electron chi connectivity index (χ4n) is 2.27. The lowest BCUT2D eigenvalue weighted by Gasteiger charge is -2.17. The first kappa shape index (κ1) is 20.8. The average molecular weight is 303 g/mol. The van der Waals surface area contributed by atoms with Gasteiger partial charge in [-0.2, -0.15) is 0 Å². The number of nitrogens with one attached hydrogen (secondary N) is 1. The molecule has 0 heterocycles. The van der Waals surface area contributed by atoms with Gasteiger partial charge in [0, 0.05) is 26.9 Å². The molecule has 4 nitrogen and oxygen atoms in total. The summed E-state index contributed by atoms with van der Waals surface area (Å²) in [6.45, 7) is 8.07. The largest absolute Gasteiger partial charge is 0.389 e. The third-order valence-corrected chi connectivity index (χ3v) is 3.79. The molecule has 2 unspecified atom stereocenters. The van der Waals surface area contributed by atoms with Crippen molar-refractivity contribution in [3.05, 3.63) is 0 Å². The van der Waals surface area contributed by atoms with Crippen LogP contribution in [0.2, 0.25) is 0 Å². The number of unbranched alkanes of at least 4 members (excludes halogenated alkanes) is 3. The van der Waals surface area contributed by atoms with Crippen molar-refractivity contribution >= 4 is 0 Å². The van der Waals surface area contributed by atoms with Crippen LogP contribution in [0.15, 0.2) is 0 Å². The Labute approximate surface area is 131 Å². The quantitative estimate of drug-likeness (QED) is 0.430. The first-order valence-corrected chi connectivity index (χ1v) is 8.70. The molecule has 2 N–H and O–H groups in total. The maximum atomic E-state index is 9.84. The molecule has 0 radical (unpaired) electrons. The summed E-state index contributed by atoms with van der Waals surface area (Å²) in [5.74, 6) is 0.644. The predicted molar refractivity (Wildman–Crippen MR) is 88.7 cm³/mol. The standard InChI is InChI=1S/C17H37NO3/c1-4-6-10-16(5-2)14-21-15-17(19)13-18-11-8-7-9-12-20-3/h16-19H,4-15H2,1-3H3. The first-order chi connectivity index (χ1) is 10.2. The van der Waals surface area contributed by atoms with Gasteiger partial charge in [0.2, 0.25) is 0 Å². The third kappa shape index (κ3) is 14.5. The molecule has 0 saturated heterocycles. The summed E-state index contributed by atoms with van der Waals surface area (Å²) in [4.78, 5) is 0. The van der Waals surface area contributed by atoms with E-state index in [1.54, 1.807) is 7.11 Å². The van der Waals surface area contributed by atoms with Crippen molar-refractivity contribution in [2.24, 2.45) is 5.92 Å². The van der Waals surface area contributed by atoms with Crippen LogP contribution in [0.1, 0.15) is 58.8 Å². The Morgan fingerprint density at radius 2 is 1.86 bits per heavy atom. The molecule has 0 amide bonds. The van der Waals surface area contributed by atoms with Gasteiger partial charge in [-0.1, -0.05) is 33.1 Å². The number of hydrogen-bond acceptors (Lipinski definition) is 4. The van der Waals surface area contributed by atoms with Gasteiger partial charge in [0.05, 0.1) is 12.7 Å². The lowest BCUT2D eigenvalue weighted by atomic mass is 10.0. The van der Waals surface area contributed by atoms with E-state index in [-0.39, 0.29) is 0 Å². The zero-order valence-corrected chi connectivity index (χ0v) is 14.4. The number of aliphatic hydroxyl groups is 1. The monoisotopic (exact) mass is 303 g/mol. The van der Waals surface area contributed by atoms with Gasteiger partial charge in [-0.05, 0) is 38.1 Å². The van der Waals surface area contributed by atoms with E-state index in [2.05, 4.69) is 19.2 Å². The highest BCUT2D eigenvalue weighted by Crippen LogP contribution is 2.12. The molecule has 0 bridgehead atoms. The van der Waals surface area contributed by atoms with Crippen molar-refractivity contribution in [2.45, 2.75) is 64.9 Å². The lowest BCUT2D eigenvalue weighted by molar-refractivity contribution is 0.0194. The SMILES string of the molecule is CCCCC(CC)COCC(O)CNCCCCCOC. The molecule has 0 fully saturated rings. The van der Waals surface area contributed by atoms with Crippen molar-refractivity contribution in [3.8, 4) is 0 Å². The van der Waals surface area contributed by atoms with Gasteiger partial charge in [-0.25, -0.2) is 0 Å². The van der Waals surface area contributed by atoms with E-state index in [1.165, 1.54) is 25.7 Å². The summed E-state index contributed by atoms with van der Waals surface area (Å²) >= 11 is 0. The smallest absolute Gasteiger partial charge is 0.0897 e. The summed E-state index contributed by atoms with van der Waals surface area (Å²) in [5, 5.41) is 13.1. The van der Waals surface area contributed by atoms with Crippen LogP contribution in [0.5, 0.6) is 0 Å². The van der Waals surface area contributed by atoms with Crippen molar-refractivity contribution < 1.29 is 14.6 Å². The Kier molecular flexibility index (Phi) is 16.1. The second-order valence-corrected chi connectivity index (χ2v) is 5.87. The maximum absolute atomic E-state index is 9.84. The molecule has 4 heteroatoms. The molecule has 0 spiro atoms. The van der Waals surface area contributed by atoms with Crippen molar-refractivity contribution in [1.29, 1.82) is 0 Å². The zero-order valence-electron chi connectivity index (χ0n) is 14.4. The second kappa shape index (κ2) is 16.2. The van der Waals surface area contributed by atoms with Crippen LogP contribution in [-0.4, -0.2) is 51.2 Å². The maximum Gasteiger partial charge on any atom is 0.0897 e. The number of hydrogen-bond donors (Lipinski definition) is 2. The predicted octanol–water partition coefficient (Wildman–Crippen LogP) is 2.99. The van der Waals surface area contributed by atoms with Crippen LogP contribution in [0, 0.1) is 5.92 Å². The lowest BCUT2D eigenvalue weighted by Crippen LogP contribution is -2.31. The molecular formula is C17H37NO3. The highest BCUT2D eigenvalue weighted by atomic mass is 16.5. The van der Waals surface area contributed by atoms with E-state index in [0.717, 1.165) is 39.0 Å². The molecule has 0 aliphatic heterocycles. The molecule has 0 aliphatic rings. The van der Waals surface area contributed by atoms with E-state index in [0.29, 0.717) is 19.1 Å². The molecule has 0 aromatic rings. The van der Waals surface area contributed by atoms with Crippen LogP contribution in [0.25, 0.3) is 0 Å². The number of aliphatic hydroxyl groups excluding tert-OH is 1. The molecule has 0 rings (SSSR count). The Hall–Kier alpha value is -0.160. The summed E-state index contributed by atoms with van der Waals surface area (Å²) < 4.78 is 10.7. The summed E-state index contributed by atoms with van der Waals surface area (Å²) in [6.07, 6.45) is 7.93. The topological polar surface area (TPSA) is 50.7 Å². The molecule has 0 aromatic carbocycles. The van der Waals surface area contributed by atoms with Crippen LogP contribution >= 0.6 is 0 Å². The fraction of sp³-hybridized carbons (Fsp3) is 1.00. The Morgan fingerprint density at radius 3 is 2.52 bits per heavy atom. The minimum atomic E-state index is -0.396. The van der Waals surface area contributed by atoms with E-state index in [4.69, 9.17) is 9.47 Å². The van der Waals surface area contributed by atoms with Gasteiger partial charge < -0.3 is 19.9 Å². The van der Waals surface area contributed by atoms with Crippen LogP contribution in [-0.2, 0) is 9.47 Å². The average Bonchev–Trinajstić information content (AvgIpc) is 2.49. The van der Waals surface area contributed by atoms with Crippen LogP contribution in [0.4, 0.5) is 0 Å².